The van der Waals surface area contributed by atoms with Crippen molar-refractivity contribution in [2.45, 2.75) is 6.54 Å². The highest BCUT2D eigenvalue weighted by atomic mass is 16.3. The van der Waals surface area contributed by atoms with E-state index in [9.17, 15) is 0 Å². The van der Waals surface area contributed by atoms with Gasteiger partial charge in [0.1, 0.15) is 17.0 Å². The topological polar surface area (TPSA) is 51.5 Å². The molecule has 2 N–H and O–H groups in total. The lowest BCUT2D eigenvalue weighted by molar-refractivity contribution is 0.669. The van der Waals surface area contributed by atoms with Crippen LogP contribution in [-0.2, 0) is 6.54 Å². The number of hydrogen-bond acceptors (Lipinski definition) is 2. The normalized spacial score (nSPS) is 12.2. The first kappa shape index (κ1) is 21.4. The van der Waals surface area contributed by atoms with E-state index in [0.717, 1.165) is 33.1 Å². The van der Waals surface area contributed by atoms with E-state index in [1.54, 1.807) is 0 Å². The molecular formula is C34H24N2O. The Morgan fingerprint density at radius 2 is 1.35 bits per heavy atom. The van der Waals surface area contributed by atoms with E-state index in [2.05, 4.69) is 103 Å². The summed E-state index contributed by atoms with van der Waals surface area (Å²) in [6.07, 6.45) is 0. The van der Waals surface area contributed by atoms with Gasteiger partial charge in [-0.2, -0.15) is 0 Å². The molecule has 0 bridgehead atoms. The van der Waals surface area contributed by atoms with Crippen molar-refractivity contribution in [3.8, 4) is 11.1 Å². The van der Waals surface area contributed by atoms with Gasteiger partial charge in [-0.1, -0.05) is 103 Å². The minimum Gasteiger partial charge on any atom is -0.456 e. The van der Waals surface area contributed by atoms with Crippen LogP contribution in [0.25, 0.3) is 54.6 Å². The molecule has 0 saturated heterocycles. The summed E-state index contributed by atoms with van der Waals surface area (Å²) in [7, 11) is 0. The van der Waals surface area contributed by atoms with Crippen LogP contribution in [0.5, 0.6) is 0 Å². The average Bonchev–Trinajstić information content (AvgIpc) is 3.34. The number of amidine groups is 1. The van der Waals surface area contributed by atoms with E-state index in [-0.39, 0.29) is 0 Å². The van der Waals surface area contributed by atoms with E-state index in [1.807, 2.05) is 18.2 Å². The summed E-state index contributed by atoms with van der Waals surface area (Å²) in [4.78, 5) is 4.73. The molecule has 7 aromatic rings. The van der Waals surface area contributed by atoms with Crippen LogP contribution in [0, 0.1) is 0 Å². The third-order valence-electron chi connectivity index (χ3n) is 7.16. The van der Waals surface area contributed by atoms with Crippen molar-refractivity contribution in [3.05, 3.63) is 132 Å². The summed E-state index contributed by atoms with van der Waals surface area (Å²) in [6, 6.07) is 42.0. The van der Waals surface area contributed by atoms with Gasteiger partial charge in [-0.3, -0.25) is 4.99 Å². The zero-order chi connectivity index (χ0) is 24.8. The molecule has 176 valence electrons. The second-order valence-electron chi connectivity index (χ2n) is 9.36. The number of rotatable bonds is 4. The molecule has 37 heavy (non-hydrogen) atoms. The maximum absolute atomic E-state index is 6.47. The fraction of sp³-hybridized carbons (Fsp3) is 0.0294. The van der Waals surface area contributed by atoms with E-state index in [4.69, 9.17) is 15.1 Å². The van der Waals surface area contributed by atoms with Gasteiger partial charge in [0, 0.05) is 16.3 Å². The van der Waals surface area contributed by atoms with E-state index in [1.165, 1.54) is 32.7 Å². The largest absolute Gasteiger partial charge is 0.456 e. The molecular weight excluding hydrogens is 452 g/mol. The van der Waals surface area contributed by atoms with Crippen LogP contribution in [0.3, 0.4) is 0 Å². The Kier molecular flexibility index (Phi) is 5.00. The summed E-state index contributed by atoms with van der Waals surface area (Å²) in [6.45, 7) is 0.524. The average molecular weight is 477 g/mol. The van der Waals surface area contributed by atoms with Crippen LogP contribution in [-0.4, -0.2) is 5.84 Å². The highest BCUT2D eigenvalue weighted by Crippen LogP contribution is 2.40. The molecule has 6 aromatic carbocycles. The SMILES string of the molecule is NC(=NCc1cccc2ccccc12)c1ccc2c(c1)oc1cc(-c3ccccc3)c3ccccc3c12. The quantitative estimate of drug-likeness (QED) is 0.205. The number of nitrogens with two attached hydrogens (primary N) is 1. The Balaban J connectivity index is 1.33. The van der Waals surface area contributed by atoms with Gasteiger partial charge >= 0.3 is 0 Å². The molecule has 0 spiro atoms. The van der Waals surface area contributed by atoms with Crippen LogP contribution in [0.15, 0.2) is 131 Å². The lowest BCUT2D eigenvalue weighted by atomic mass is 9.95. The number of hydrogen-bond donors (Lipinski definition) is 1. The van der Waals surface area contributed by atoms with Gasteiger partial charge in [0.25, 0.3) is 0 Å². The molecule has 7 rings (SSSR count). The molecule has 3 heteroatoms. The van der Waals surface area contributed by atoms with Gasteiger partial charge in [0.2, 0.25) is 0 Å². The van der Waals surface area contributed by atoms with E-state index < -0.39 is 0 Å². The number of furan rings is 1. The third kappa shape index (κ3) is 3.64. The van der Waals surface area contributed by atoms with Gasteiger partial charge in [0.15, 0.2) is 0 Å². The minimum atomic E-state index is 0.505. The van der Waals surface area contributed by atoms with Crippen molar-refractivity contribution in [2.75, 3.05) is 0 Å². The van der Waals surface area contributed by atoms with Crippen LogP contribution < -0.4 is 5.73 Å². The number of nitrogens with zero attached hydrogens (tertiary/aromatic N) is 1. The Labute approximate surface area is 214 Å². The van der Waals surface area contributed by atoms with E-state index in [0.29, 0.717) is 12.4 Å². The molecule has 0 radical (unpaired) electrons. The molecule has 3 nitrogen and oxygen atoms in total. The molecule has 0 saturated carbocycles. The molecule has 0 amide bonds. The molecule has 0 aliphatic rings. The monoisotopic (exact) mass is 476 g/mol. The van der Waals surface area contributed by atoms with Crippen molar-refractivity contribution in [1.29, 1.82) is 0 Å². The first-order valence-electron chi connectivity index (χ1n) is 12.5. The van der Waals surface area contributed by atoms with Gasteiger partial charge in [-0.05, 0) is 56.4 Å². The maximum atomic E-state index is 6.47. The van der Waals surface area contributed by atoms with Crippen molar-refractivity contribution in [3.63, 3.8) is 0 Å². The third-order valence-corrected chi connectivity index (χ3v) is 7.16. The van der Waals surface area contributed by atoms with Crippen LogP contribution in [0.4, 0.5) is 0 Å². The summed E-state index contributed by atoms with van der Waals surface area (Å²) in [5.41, 5.74) is 12.5. The minimum absolute atomic E-state index is 0.505. The lowest BCUT2D eigenvalue weighted by Gasteiger charge is -2.08. The first-order valence-corrected chi connectivity index (χ1v) is 12.5. The number of fused-ring (bicyclic) bond motifs is 6. The van der Waals surface area contributed by atoms with Crippen LogP contribution in [0.1, 0.15) is 11.1 Å². The fourth-order valence-corrected chi connectivity index (χ4v) is 5.35. The molecule has 0 aliphatic carbocycles. The Morgan fingerprint density at radius 1 is 0.622 bits per heavy atom. The highest BCUT2D eigenvalue weighted by molar-refractivity contribution is 6.22. The van der Waals surface area contributed by atoms with Crippen LogP contribution >= 0.6 is 0 Å². The summed E-state index contributed by atoms with van der Waals surface area (Å²) >= 11 is 0. The fourth-order valence-electron chi connectivity index (χ4n) is 5.35. The summed E-state index contributed by atoms with van der Waals surface area (Å²) in [5, 5.41) is 7.02. The van der Waals surface area contributed by atoms with Gasteiger partial charge in [-0.15, -0.1) is 0 Å². The molecule has 0 atom stereocenters. The molecule has 0 unspecified atom stereocenters. The summed E-state index contributed by atoms with van der Waals surface area (Å²) in [5.74, 6) is 0.505. The van der Waals surface area contributed by atoms with E-state index >= 15 is 0 Å². The second-order valence-corrected chi connectivity index (χ2v) is 9.36. The highest BCUT2D eigenvalue weighted by Gasteiger charge is 2.15. The predicted octanol–water partition coefficient (Wildman–Crippen LogP) is 8.46. The number of aliphatic imine (C=N–C) groups is 1. The summed E-state index contributed by atoms with van der Waals surface area (Å²) < 4.78 is 6.42. The lowest BCUT2D eigenvalue weighted by Crippen LogP contribution is -2.13. The molecule has 0 aliphatic heterocycles. The standard InChI is InChI=1S/C34H24N2O/c35-34(36-21-25-13-8-12-22-11-4-5-14-26(22)25)24-17-18-29-31(19-24)37-32-20-30(23-9-2-1-3-10-23)27-15-6-7-16-28(27)33(29)32/h1-20H,21H2,(H2,35,36). The van der Waals surface area contributed by atoms with Crippen LogP contribution in [0.2, 0.25) is 0 Å². The molecule has 0 fully saturated rings. The van der Waals surface area contributed by atoms with Crippen molar-refractivity contribution in [1.82, 2.24) is 0 Å². The maximum Gasteiger partial charge on any atom is 0.136 e. The number of benzene rings is 6. The van der Waals surface area contributed by atoms with Crippen molar-refractivity contribution >= 4 is 49.3 Å². The van der Waals surface area contributed by atoms with Crippen molar-refractivity contribution < 1.29 is 4.42 Å². The Bertz CT molecular complexity index is 1960. The van der Waals surface area contributed by atoms with Gasteiger partial charge in [0.05, 0.1) is 6.54 Å². The first-order chi connectivity index (χ1) is 18.3. The molecule has 1 aromatic heterocycles. The van der Waals surface area contributed by atoms with Gasteiger partial charge < -0.3 is 10.2 Å². The Morgan fingerprint density at radius 3 is 2.22 bits per heavy atom. The second kappa shape index (κ2) is 8.65. The molecule has 1 heterocycles. The van der Waals surface area contributed by atoms with Crippen molar-refractivity contribution in [2.24, 2.45) is 10.7 Å². The Hall–Kier alpha value is -4.89. The van der Waals surface area contributed by atoms with Gasteiger partial charge in [-0.25, -0.2) is 0 Å². The zero-order valence-electron chi connectivity index (χ0n) is 20.2. The zero-order valence-corrected chi connectivity index (χ0v) is 20.2. The smallest absolute Gasteiger partial charge is 0.136 e. The predicted molar refractivity (Wildman–Crippen MR) is 155 cm³/mol.